The van der Waals surface area contributed by atoms with Crippen LogP contribution in [-0.2, 0) is 14.3 Å². The van der Waals surface area contributed by atoms with Gasteiger partial charge in [0.05, 0.1) is 16.6 Å². The van der Waals surface area contributed by atoms with E-state index in [4.69, 9.17) is 16.3 Å². The lowest BCUT2D eigenvalue weighted by atomic mass is 9.52. The van der Waals surface area contributed by atoms with E-state index >= 15 is 0 Å². The van der Waals surface area contributed by atoms with Gasteiger partial charge in [0.25, 0.3) is 5.91 Å². The lowest BCUT2D eigenvalue weighted by Gasteiger charge is -2.53. The number of esters is 1. The SMILES string of the molecule is Cc1ccc(NC(=O)COC(=O)C2C3CC4CC(C3)CC2C4)c(Cl)c1. The van der Waals surface area contributed by atoms with Crippen molar-refractivity contribution in [2.75, 3.05) is 11.9 Å². The van der Waals surface area contributed by atoms with E-state index in [9.17, 15) is 9.59 Å². The minimum Gasteiger partial charge on any atom is -0.455 e. The van der Waals surface area contributed by atoms with Gasteiger partial charge < -0.3 is 10.1 Å². The normalized spacial score (nSPS) is 32.5. The molecule has 5 rings (SSSR count). The molecule has 0 aromatic heterocycles. The number of nitrogens with one attached hydrogen (secondary N) is 1. The summed E-state index contributed by atoms with van der Waals surface area (Å²) in [5.74, 6) is 2.05. The summed E-state index contributed by atoms with van der Waals surface area (Å²) in [5.41, 5.74) is 1.57. The van der Waals surface area contributed by atoms with Crippen LogP contribution in [0.15, 0.2) is 18.2 Å². The summed E-state index contributed by atoms with van der Waals surface area (Å²) in [7, 11) is 0. The third-order valence-corrected chi connectivity index (χ3v) is 6.56. The average Bonchev–Trinajstić information content (AvgIpc) is 2.54. The molecule has 0 heterocycles. The predicted octanol–water partition coefficient (Wildman–Crippen LogP) is 4.20. The van der Waals surface area contributed by atoms with Gasteiger partial charge in [-0.25, -0.2) is 0 Å². The number of aryl methyl sites for hydroxylation is 1. The summed E-state index contributed by atoms with van der Waals surface area (Å²) < 4.78 is 5.37. The third-order valence-electron chi connectivity index (χ3n) is 6.24. The predicted molar refractivity (Wildman–Crippen MR) is 96.3 cm³/mol. The molecule has 1 aromatic rings. The summed E-state index contributed by atoms with van der Waals surface area (Å²) in [4.78, 5) is 24.7. The van der Waals surface area contributed by atoms with Crippen molar-refractivity contribution in [3.8, 4) is 0 Å². The summed E-state index contributed by atoms with van der Waals surface area (Å²) >= 11 is 6.12. The van der Waals surface area contributed by atoms with E-state index in [1.165, 1.54) is 6.42 Å². The zero-order valence-corrected chi connectivity index (χ0v) is 15.2. The molecule has 0 atom stereocenters. The molecule has 4 saturated carbocycles. The van der Waals surface area contributed by atoms with E-state index in [2.05, 4.69) is 5.32 Å². The van der Waals surface area contributed by atoms with Crippen molar-refractivity contribution < 1.29 is 14.3 Å². The molecule has 0 spiro atoms. The van der Waals surface area contributed by atoms with Gasteiger partial charge in [0, 0.05) is 0 Å². The highest BCUT2D eigenvalue weighted by molar-refractivity contribution is 6.33. The number of amides is 1. The number of carbonyl (C=O) groups is 2. The second-order valence-electron chi connectivity index (χ2n) is 8.10. The van der Waals surface area contributed by atoms with Crippen molar-refractivity contribution in [2.45, 2.75) is 39.0 Å². The molecule has 0 radical (unpaired) electrons. The van der Waals surface area contributed by atoms with Crippen molar-refractivity contribution >= 4 is 29.2 Å². The zero-order valence-electron chi connectivity index (χ0n) is 14.5. The number of hydrogen-bond acceptors (Lipinski definition) is 3. The van der Waals surface area contributed by atoms with Crippen LogP contribution < -0.4 is 5.32 Å². The van der Waals surface area contributed by atoms with Crippen molar-refractivity contribution in [1.82, 2.24) is 0 Å². The number of ether oxygens (including phenoxy) is 1. The maximum absolute atomic E-state index is 12.6. The van der Waals surface area contributed by atoms with Crippen LogP contribution in [0.25, 0.3) is 0 Å². The first-order chi connectivity index (χ1) is 12.0. The van der Waals surface area contributed by atoms with Crippen LogP contribution in [0.3, 0.4) is 0 Å². The van der Waals surface area contributed by atoms with Gasteiger partial charge in [0.1, 0.15) is 0 Å². The largest absolute Gasteiger partial charge is 0.455 e. The molecule has 4 bridgehead atoms. The van der Waals surface area contributed by atoms with Crippen LogP contribution >= 0.6 is 11.6 Å². The Labute approximate surface area is 153 Å². The maximum Gasteiger partial charge on any atom is 0.310 e. The lowest BCUT2D eigenvalue weighted by molar-refractivity contribution is -0.164. The fraction of sp³-hybridized carbons (Fsp3) is 0.600. The van der Waals surface area contributed by atoms with Crippen LogP contribution in [0.1, 0.15) is 37.7 Å². The fourth-order valence-corrected chi connectivity index (χ4v) is 5.73. The van der Waals surface area contributed by atoms with Crippen LogP contribution in [0.5, 0.6) is 0 Å². The summed E-state index contributed by atoms with van der Waals surface area (Å²) in [6, 6.07) is 5.43. The van der Waals surface area contributed by atoms with E-state index in [1.807, 2.05) is 13.0 Å². The van der Waals surface area contributed by atoms with Gasteiger partial charge in [-0.3, -0.25) is 9.59 Å². The van der Waals surface area contributed by atoms with Gasteiger partial charge in [-0.05, 0) is 80.4 Å². The summed E-state index contributed by atoms with van der Waals surface area (Å²) in [6.45, 7) is 1.69. The molecule has 0 saturated heterocycles. The van der Waals surface area contributed by atoms with Crippen molar-refractivity contribution in [3.63, 3.8) is 0 Å². The second kappa shape index (κ2) is 6.64. The zero-order chi connectivity index (χ0) is 17.6. The summed E-state index contributed by atoms with van der Waals surface area (Å²) in [6.07, 6.45) is 6.01. The highest BCUT2D eigenvalue weighted by Gasteiger charge is 2.51. The Hall–Kier alpha value is -1.55. The third kappa shape index (κ3) is 3.41. The monoisotopic (exact) mass is 361 g/mol. The molecule has 4 nitrogen and oxygen atoms in total. The Morgan fingerprint density at radius 3 is 2.36 bits per heavy atom. The Bertz CT molecular complexity index is 674. The van der Waals surface area contributed by atoms with Crippen LogP contribution in [0, 0.1) is 36.5 Å². The molecule has 5 heteroatoms. The van der Waals surface area contributed by atoms with Crippen molar-refractivity contribution in [3.05, 3.63) is 28.8 Å². The molecule has 1 N–H and O–H groups in total. The van der Waals surface area contributed by atoms with Gasteiger partial charge in [-0.2, -0.15) is 0 Å². The highest BCUT2D eigenvalue weighted by Crippen LogP contribution is 2.56. The van der Waals surface area contributed by atoms with E-state index < -0.39 is 0 Å². The van der Waals surface area contributed by atoms with Crippen molar-refractivity contribution in [1.29, 1.82) is 0 Å². The Balaban J connectivity index is 1.32. The van der Waals surface area contributed by atoms with E-state index in [-0.39, 0.29) is 24.4 Å². The van der Waals surface area contributed by atoms with Gasteiger partial charge in [0.2, 0.25) is 0 Å². The number of benzene rings is 1. The molecule has 0 aliphatic heterocycles. The van der Waals surface area contributed by atoms with Gasteiger partial charge >= 0.3 is 5.97 Å². The molecule has 4 fully saturated rings. The summed E-state index contributed by atoms with van der Waals surface area (Å²) in [5, 5.41) is 3.20. The Morgan fingerprint density at radius 2 is 1.76 bits per heavy atom. The Kier molecular flexibility index (Phi) is 4.48. The van der Waals surface area contributed by atoms with Crippen LogP contribution in [-0.4, -0.2) is 18.5 Å². The number of halogens is 1. The van der Waals surface area contributed by atoms with Gasteiger partial charge in [0.15, 0.2) is 6.61 Å². The molecule has 4 aliphatic carbocycles. The van der Waals surface area contributed by atoms with E-state index in [0.29, 0.717) is 22.5 Å². The number of rotatable bonds is 4. The number of anilines is 1. The molecule has 25 heavy (non-hydrogen) atoms. The lowest BCUT2D eigenvalue weighted by Crippen LogP contribution is -2.48. The highest BCUT2D eigenvalue weighted by atomic mass is 35.5. The number of carbonyl (C=O) groups excluding carboxylic acids is 2. The first kappa shape index (κ1) is 16.9. The Morgan fingerprint density at radius 1 is 1.12 bits per heavy atom. The minimum atomic E-state index is -0.345. The van der Waals surface area contributed by atoms with Crippen LogP contribution in [0.2, 0.25) is 5.02 Å². The van der Waals surface area contributed by atoms with Crippen LogP contribution in [0.4, 0.5) is 5.69 Å². The molecule has 1 amide bonds. The maximum atomic E-state index is 12.6. The standard InChI is InChI=1S/C20H24ClNO3/c1-11-2-3-17(16(21)4-11)22-18(23)10-25-20(24)19-14-6-12-5-13(8-14)9-15(19)7-12/h2-4,12-15,19H,5-10H2,1H3,(H,22,23). The average molecular weight is 362 g/mol. The molecular formula is C20H24ClNO3. The molecule has 4 aliphatic rings. The fourth-order valence-electron chi connectivity index (χ4n) is 5.45. The molecule has 0 unspecified atom stereocenters. The topological polar surface area (TPSA) is 55.4 Å². The van der Waals surface area contributed by atoms with E-state index in [0.717, 1.165) is 43.1 Å². The number of hydrogen-bond donors (Lipinski definition) is 1. The quantitative estimate of drug-likeness (QED) is 0.817. The van der Waals surface area contributed by atoms with Gasteiger partial charge in [-0.15, -0.1) is 0 Å². The first-order valence-electron chi connectivity index (χ1n) is 9.22. The van der Waals surface area contributed by atoms with E-state index in [1.54, 1.807) is 12.1 Å². The molecule has 134 valence electrons. The van der Waals surface area contributed by atoms with Gasteiger partial charge in [-0.1, -0.05) is 17.7 Å². The molecule has 1 aromatic carbocycles. The second-order valence-corrected chi connectivity index (χ2v) is 8.50. The first-order valence-corrected chi connectivity index (χ1v) is 9.60. The smallest absolute Gasteiger partial charge is 0.310 e. The molecular weight excluding hydrogens is 338 g/mol. The minimum absolute atomic E-state index is 0.00330. The van der Waals surface area contributed by atoms with Crippen molar-refractivity contribution in [2.24, 2.45) is 29.6 Å².